The van der Waals surface area contributed by atoms with Crippen LogP contribution in [0, 0.1) is 0 Å². The number of nitrogens with zero attached hydrogens (tertiary/aromatic N) is 1. The molecule has 1 aliphatic heterocycles. The number of carbonyl (C=O) groups excluding carboxylic acids is 2. The van der Waals surface area contributed by atoms with Crippen LogP contribution in [-0.2, 0) is 4.74 Å². The number of carbonyl (C=O) groups is 2. The summed E-state index contributed by atoms with van der Waals surface area (Å²) in [6, 6.07) is 8.42. The van der Waals surface area contributed by atoms with Crippen molar-refractivity contribution in [2.45, 2.75) is 12.8 Å². The molecule has 1 aliphatic rings. The van der Waals surface area contributed by atoms with Crippen molar-refractivity contribution in [1.82, 2.24) is 0 Å². The molecular formula is C17H17BrN2O4. The molecule has 0 spiro atoms. The van der Waals surface area contributed by atoms with Crippen LogP contribution >= 0.6 is 15.9 Å². The molecule has 1 aromatic carbocycles. The predicted octanol–water partition coefficient (Wildman–Crippen LogP) is 3.68. The predicted molar refractivity (Wildman–Crippen MR) is 93.6 cm³/mol. The Labute approximate surface area is 147 Å². The zero-order valence-corrected chi connectivity index (χ0v) is 14.8. The molecule has 126 valence electrons. The summed E-state index contributed by atoms with van der Waals surface area (Å²) in [6.45, 7) is 1.85. The molecule has 1 N–H and O–H groups in total. The number of furan rings is 1. The third-order valence-electron chi connectivity index (χ3n) is 3.91. The third kappa shape index (κ3) is 3.46. The van der Waals surface area contributed by atoms with Gasteiger partial charge in [-0.2, -0.15) is 0 Å². The Morgan fingerprint density at radius 1 is 1.21 bits per heavy atom. The lowest BCUT2D eigenvalue weighted by Gasteiger charge is -2.22. The van der Waals surface area contributed by atoms with Gasteiger partial charge in [0.15, 0.2) is 10.4 Å². The monoisotopic (exact) mass is 392 g/mol. The molecule has 0 atom stereocenters. The van der Waals surface area contributed by atoms with Crippen LogP contribution in [0.2, 0.25) is 0 Å². The Bertz CT molecular complexity index is 766. The minimum Gasteiger partial charge on any atom is -0.465 e. The second-order valence-electron chi connectivity index (χ2n) is 5.48. The van der Waals surface area contributed by atoms with Crippen molar-refractivity contribution in [3.63, 3.8) is 0 Å². The van der Waals surface area contributed by atoms with Gasteiger partial charge in [0.1, 0.15) is 0 Å². The highest BCUT2D eigenvalue weighted by molar-refractivity contribution is 9.10. The van der Waals surface area contributed by atoms with Crippen LogP contribution in [0.15, 0.2) is 39.4 Å². The van der Waals surface area contributed by atoms with Crippen LogP contribution in [0.4, 0.5) is 11.4 Å². The highest BCUT2D eigenvalue weighted by Crippen LogP contribution is 2.31. The Balaban J connectivity index is 1.92. The number of hydrogen-bond acceptors (Lipinski definition) is 5. The summed E-state index contributed by atoms with van der Waals surface area (Å²) < 4.78 is 10.5. The maximum Gasteiger partial charge on any atom is 0.337 e. The number of rotatable bonds is 4. The second-order valence-corrected chi connectivity index (χ2v) is 6.26. The fraction of sp³-hybridized carbons (Fsp3) is 0.294. The van der Waals surface area contributed by atoms with Gasteiger partial charge >= 0.3 is 5.97 Å². The van der Waals surface area contributed by atoms with Crippen LogP contribution in [0.25, 0.3) is 0 Å². The van der Waals surface area contributed by atoms with E-state index in [9.17, 15) is 9.59 Å². The van der Waals surface area contributed by atoms with E-state index >= 15 is 0 Å². The summed E-state index contributed by atoms with van der Waals surface area (Å²) in [7, 11) is 1.33. The third-order valence-corrected chi connectivity index (χ3v) is 4.34. The van der Waals surface area contributed by atoms with Gasteiger partial charge in [-0.25, -0.2) is 4.79 Å². The summed E-state index contributed by atoms with van der Waals surface area (Å²) in [5.41, 5.74) is 1.84. The Hall–Kier alpha value is -2.28. The van der Waals surface area contributed by atoms with E-state index in [2.05, 4.69) is 26.1 Å². The maximum atomic E-state index is 12.4. The van der Waals surface area contributed by atoms with Gasteiger partial charge in [-0.15, -0.1) is 0 Å². The van der Waals surface area contributed by atoms with Gasteiger partial charge in [0.25, 0.3) is 5.91 Å². The lowest BCUT2D eigenvalue weighted by molar-refractivity contribution is 0.0600. The molecule has 1 amide bonds. The van der Waals surface area contributed by atoms with E-state index in [0.717, 1.165) is 31.6 Å². The SMILES string of the molecule is COC(=O)c1ccc(N2CCCC2)c(NC(=O)c2ccc(Br)o2)c1. The first-order valence-electron chi connectivity index (χ1n) is 7.62. The molecule has 2 heterocycles. The number of halogens is 1. The first-order valence-corrected chi connectivity index (χ1v) is 8.42. The van der Waals surface area contributed by atoms with Crippen molar-refractivity contribution in [3.05, 3.63) is 46.3 Å². The summed E-state index contributed by atoms with van der Waals surface area (Å²) in [6.07, 6.45) is 2.22. The molecule has 1 saturated heterocycles. The second kappa shape index (κ2) is 7.09. The van der Waals surface area contributed by atoms with E-state index < -0.39 is 5.97 Å². The van der Waals surface area contributed by atoms with Crippen LogP contribution in [-0.4, -0.2) is 32.1 Å². The van der Waals surface area contributed by atoms with Crippen molar-refractivity contribution in [2.75, 3.05) is 30.4 Å². The van der Waals surface area contributed by atoms with Crippen LogP contribution < -0.4 is 10.2 Å². The average molecular weight is 393 g/mol. The van der Waals surface area contributed by atoms with Gasteiger partial charge in [-0.1, -0.05) is 0 Å². The fourth-order valence-electron chi connectivity index (χ4n) is 2.74. The van der Waals surface area contributed by atoms with E-state index in [4.69, 9.17) is 9.15 Å². The van der Waals surface area contributed by atoms with Gasteiger partial charge < -0.3 is 19.4 Å². The normalized spacial score (nSPS) is 13.8. The Kier molecular flexibility index (Phi) is 4.89. The van der Waals surface area contributed by atoms with Crippen LogP contribution in [0.1, 0.15) is 33.8 Å². The smallest absolute Gasteiger partial charge is 0.337 e. The molecule has 1 fully saturated rings. The number of benzene rings is 1. The molecule has 1 aromatic heterocycles. The van der Waals surface area contributed by atoms with Gasteiger partial charge in [0.05, 0.1) is 24.0 Å². The number of esters is 1. The molecule has 0 aliphatic carbocycles. The number of anilines is 2. The van der Waals surface area contributed by atoms with Crippen LogP contribution in [0.5, 0.6) is 0 Å². The minimum atomic E-state index is -0.445. The molecule has 0 radical (unpaired) electrons. The molecular weight excluding hydrogens is 376 g/mol. The summed E-state index contributed by atoms with van der Waals surface area (Å²) in [5, 5.41) is 2.83. The minimum absolute atomic E-state index is 0.192. The van der Waals surface area contributed by atoms with Crippen LogP contribution in [0.3, 0.4) is 0 Å². The van der Waals surface area contributed by atoms with E-state index in [1.54, 1.807) is 24.3 Å². The molecule has 6 nitrogen and oxygen atoms in total. The van der Waals surface area contributed by atoms with E-state index in [0.29, 0.717) is 15.9 Å². The standard InChI is InChI=1S/C17H17BrN2O4/c1-23-17(22)11-4-5-13(20-8-2-3-9-20)12(10-11)19-16(21)14-6-7-15(18)24-14/h4-7,10H,2-3,8-9H2,1H3,(H,19,21). The van der Waals surface area contributed by atoms with Crippen molar-refractivity contribution >= 4 is 39.2 Å². The fourth-order valence-corrected chi connectivity index (χ4v) is 3.04. The molecule has 24 heavy (non-hydrogen) atoms. The Morgan fingerprint density at radius 3 is 2.58 bits per heavy atom. The van der Waals surface area contributed by atoms with Gasteiger partial charge in [0.2, 0.25) is 0 Å². The zero-order chi connectivity index (χ0) is 17.1. The van der Waals surface area contributed by atoms with Crippen molar-refractivity contribution in [3.8, 4) is 0 Å². The van der Waals surface area contributed by atoms with Crippen molar-refractivity contribution in [1.29, 1.82) is 0 Å². The van der Waals surface area contributed by atoms with Gasteiger partial charge in [-0.3, -0.25) is 4.79 Å². The molecule has 7 heteroatoms. The largest absolute Gasteiger partial charge is 0.465 e. The first-order chi connectivity index (χ1) is 11.6. The maximum absolute atomic E-state index is 12.4. The average Bonchev–Trinajstić information content (AvgIpc) is 3.25. The molecule has 0 unspecified atom stereocenters. The van der Waals surface area contributed by atoms with Gasteiger partial charge in [0, 0.05) is 13.1 Å². The quantitative estimate of drug-likeness (QED) is 0.803. The Morgan fingerprint density at radius 2 is 1.96 bits per heavy atom. The molecule has 0 saturated carbocycles. The lowest BCUT2D eigenvalue weighted by Crippen LogP contribution is -2.21. The molecule has 2 aromatic rings. The highest BCUT2D eigenvalue weighted by Gasteiger charge is 2.20. The highest BCUT2D eigenvalue weighted by atomic mass is 79.9. The lowest BCUT2D eigenvalue weighted by atomic mass is 10.1. The van der Waals surface area contributed by atoms with Gasteiger partial charge in [-0.05, 0) is 59.1 Å². The molecule has 3 rings (SSSR count). The van der Waals surface area contributed by atoms with Crippen molar-refractivity contribution in [2.24, 2.45) is 0 Å². The number of amides is 1. The number of ether oxygens (including phenoxy) is 1. The number of methoxy groups -OCH3 is 1. The topological polar surface area (TPSA) is 71.8 Å². The summed E-state index contributed by atoms with van der Waals surface area (Å²) >= 11 is 3.18. The summed E-state index contributed by atoms with van der Waals surface area (Å²) in [4.78, 5) is 26.4. The van der Waals surface area contributed by atoms with E-state index in [1.165, 1.54) is 7.11 Å². The summed E-state index contributed by atoms with van der Waals surface area (Å²) in [5.74, 6) is -0.625. The first kappa shape index (κ1) is 16.6. The van der Waals surface area contributed by atoms with Crippen molar-refractivity contribution < 1.29 is 18.7 Å². The number of hydrogen-bond donors (Lipinski definition) is 1. The zero-order valence-electron chi connectivity index (χ0n) is 13.2. The molecule has 0 bridgehead atoms. The number of nitrogens with one attached hydrogen (secondary N) is 1. The van der Waals surface area contributed by atoms with E-state index in [-0.39, 0.29) is 11.7 Å². The van der Waals surface area contributed by atoms with E-state index in [1.807, 2.05) is 6.07 Å².